The summed E-state index contributed by atoms with van der Waals surface area (Å²) < 4.78 is 184. The Morgan fingerprint density at radius 1 is 0.368 bits per heavy atom. The van der Waals surface area contributed by atoms with Gasteiger partial charge in [-0.2, -0.15) is 0 Å². The van der Waals surface area contributed by atoms with E-state index in [9.17, 15) is 16.4 Å². The average molecular weight is 783 g/mol. The van der Waals surface area contributed by atoms with Crippen molar-refractivity contribution in [3.8, 4) is 51.0 Å². The molecule has 266 valence electrons. The van der Waals surface area contributed by atoms with Crippen molar-refractivity contribution in [1.82, 2.24) is 19.5 Å². The summed E-state index contributed by atoms with van der Waals surface area (Å²) in [7, 11) is 0. The minimum atomic E-state index is -0.750. The number of benzene rings is 8. The van der Waals surface area contributed by atoms with Gasteiger partial charge in [-0.3, -0.25) is 0 Å². The molecule has 4 aromatic heterocycles. The Labute approximate surface area is 363 Å². The Hall–Kier alpha value is -6.99. The number of rotatable bonds is 5. The monoisotopic (exact) mass is 782 g/mol. The lowest BCUT2D eigenvalue weighted by Crippen LogP contribution is -1.99. The number of thiophene rings is 2. The third kappa shape index (κ3) is 5.30. The Morgan fingerprint density at radius 2 is 0.825 bits per heavy atom. The van der Waals surface area contributed by atoms with Crippen LogP contribution < -0.4 is 0 Å². The van der Waals surface area contributed by atoms with E-state index in [2.05, 4.69) is 9.97 Å². The van der Waals surface area contributed by atoms with Crippen molar-refractivity contribution in [1.29, 1.82) is 0 Å². The molecule has 0 aliphatic rings. The van der Waals surface area contributed by atoms with E-state index in [0.717, 1.165) is 15.9 Å². The summed E-state index contributed by atoms with van der Waals surface area (Å²) in [5.74, 6) is 0.396. The zero-order valence-corrected chi connectivity index (χ0v) is 30.5. The molecular weight excluding hydrogens is 733 g/mol. The number of aromatic nitrogens is 4. The van der Waals surface area contributed by atoms with E-state index in [1.807, 2.05) is 12.1 Å². The maximum Gasteiger partial charge on any atom is 0.164 e. The van der Waals surface area contributed by atoms with E-state index in [1.165, 1.54) is 0 Å². The number of hydrogen-bond donors (Lipinski definition) is 0. The van der Waals surface area contributed by atoms with Crippen LogP contribution in [0.3, 0.4) is 0 Å². The van der Waals surface area contributed by atoms with Gasteiger partial charge in [0.15, 0.2) is 17.5 Å². The fourth-order valence-electron chi connectivity index (χ4n) is 6.80. The van der Waals surface area contributed by atoms with Crippen molar-refractivity contribution in [2.24, 2.45) is 0 Å². The summed E-state index contributed by atoms with van der Waals surface area (Å²) in [4.78, 5) is 14.1. The first-order valence-electron chi connectivity index (χ1n) is 27.4. The van der Waals surface area contributed by atoms with Gasteiger partial charge in [-0.1, -0.05) is 133 Å². The minimum absolute atomic E-state index is 0.0191. The van der Waals surface area contributed by atoms with Crippen LogP contribution in [0.25, 0.3) is 113 Å². The van der Waals surface area contributed by atoms with Crippen molar-refractivity contribution in [2.75, 3.05) is 0 Å². The van der Waals surface area contributed by atoms with Crippen LogP contribution in [-0.2, 0) is 0 Å². The lowest BCUT2D eigenvalue weighted by atomic mass is 10.0. The van der Waals surface area contributed by atoms with Crippen LogP contribution in [0.2, 0.25) is 0 Å². The molecule has 0 atom stereocenters. The van der Waals surface area contributed by atoms with Gasteiger partial charge in [-0.25, -0.2) is 15.0 Å². The van der Waals surface area contributed by atoms with Gasteiger partial charge in [0.25, 0.3) is 0 Å². The van der Waals surface area contributed by atoms with Crippen LogP contribution in [0.15, 0.2) is 182 Å². The van der Waals surface area contributed by atoms with Crippen LogP contribution in [0.5, 0.6) is 0 Å². The summed E-state index contributed by atoms with van der Waals surface area (Å²) in [6, 6.07) is 5.62. The minimum Gasteiger partial charge on any atom is -0.309 e. The van der Waals surface area contributed by atoms with Crippen molar-refractivity contribution < 1.29 is 27.4 Å². The largest absolute Gasteiger partial charge is 0.309 e. The summed E-state index contributed by atoms with van der Waals surface area (Å²) >= 11 is 1.54. The topological polar surface area (TPSA) is 43.6 Å². The highest BCUT2D eigenvalue weighted by molar-refractivity contribution is 7.26. The molecular formula is C51H30N4S2. The molecule has 0 spiro atoms. The van der Waals surface area contributed by atoms with Crippen LogP contribution in [0.1, 0.15) is 27.4 Å². The predicted octanol–water partition coefficient (Wildman–Crippen LogP) is 14.4. The zero-order chi connectivity index (χ0) is 54.9. The molecule has 0 radical (unpaired) electrons. The quantitative estimate of drug-likeness (QED) is 0.175. The maximum absolute atomic E-state index is 9.71. The zero-order valence-electron chi connectivity index (χ0n) is 48.9. The normalized spacial score (nSPS) is 16.8. The molecule has 0 aliphatic carbocycles. The van der Waals surface area contributed by atoms with E-state index >= 15 is 0 Å². The third-order valence-corrected chi connectivity index (χ3v) is 11.5. The lowest BCUT2D eigenvalue weighted by molar-refractivity contribution is 1.07. The molecule has 0 amide bonds. The third-order valence-electron chi connectivity index (χ3n) is 9.44. The predicted molar refractivity (Wildman–Crippen MR) is 242 cm³/mol. The lowest BCUT2D eigenvalue weighted by Gasteiger charge is -2.08. The smallest absolute Gasteiger partial charge is 0.164 e. The van der Waals surface area contributed by atoms with Gasteiger partial charge in [0.1, 0.15) is 0 Å². The van der Waals surface area contributed by atoms with Crippen LogP contribution in [0, 0.1) is 0 Å². The van der Waals surface area contributed by atoms with Gasteiger partial charge < -0.3 is 4.57 Å². The van der Waals surface area contributed by atoms with E-state index in [1.54, 1.807) is 48.5 Å². The summed E-state index contributed by atoms with van der Waals surface area (Å²) in [5, 5.41) is -1.25. The Morgan fingerprint density at radius 3 is 1.39 bits per heavy atom. The van der Waals surface area contributed by atoms with E-state index < -0.39 is 143 Å². The first-order chi connectivity index (χ1) is 36.6. The molecule has 6 heteroatoms. The van der Waals surface area contributed by atoms with Crippen LogP contribution in [0.4, 0.5) is 0 Å². The van der Waals surface area contributed by atoms with Gasteiger partial charge in [-0.05, 0) is 59.5 Å². The molecule has 0 bridgehead atoms. The second kappa shape index (κ2) is 12.8. The molecule has 0 unspecified atom stereocenters. The molecule has 0 fully saturated rings. The van der Waals surface area contributed by atoms with Gasteiger partial charge >= 0.3 is 0 Å². The summed E-state index contributed by atoms with van der Waals surface area (Å²) in [6.07, 6.45) is 0. The highest BCUT2D eigenvalue weighted by atomic mass is 32.1. The van der Waals surface area contributed by atoms with E-state index in [0.29, 0.717) is 22.5 Å². The molecule has 4 heterocycles. The molecule has 0 aliphatic heterocycles. The second-order valence-electron chi connectivity index (χ2n) is 12.8. The number of para-hydroxylation sites is 2. The van der Waals surface area contributed by atoms with Gasteiger partial charge in [0.2, 0.25) is 0 Å². The second-order valence-corrected chi connectivity index (χ2v) is 14.9. The standard InChI is InChI=1S/C51H30N4S2/c1-3-11-31(12-4-1)49-52-50(32-13-5-2-6-14-32)54-51(53-49)35-21-25-40-39-23-19-33(27-46(39)57-48(40)29-35)34-20-24-41-42-30-36(22-26-45(42)56-47(41)28-34)55-43-17-9-7-15-37(43)38-16-8-10-18-44(38)55/h1-30H/i7D,8D,9D,10D,15D,16D,17D,18D,19D,20D,21D,22D,23D,24D,25D,26D,27D,28D,29D,30D. The molecule has 4 nitrogen and oxygen atoms in total. The van der Waals surface area contributed by atoms with Crippen molar-refractivity contribution in [2.45, 2.75) is 0 Å². The molecule has 0 saturated carbocycles. The van der Waals surface area contributed by atoms with Crippen molar-refractivity contribution in [3.05, 3.63) is 182 Å². The molecule has 0 saturated heterocycles. The Balaban J connectivity index is 1.10. The molecule has 12 rings (SSSR count). The van der Waals surface area contributed by atoms with Gasteiger partial charge in [-0.15, -0.1) is 22.7 Å². The van der Waals surface area contributed by atoms with Gasteiger partial charge in [0.05, 0.1) is 38.4 Å². The molecule has 0 N–H and O–H groups in total. The highest BCUT2D eigenvalue weighted by Gasteiger charge is 2.16. The van der Waals surface area contributed by atoms with E-state index in [4.69, 9.17) is 16.0 Å². The van der Waals surface area contributed by atoms with Gasteiger partial charge in [0, 0.05) is 73.5 Å². The fourth-order valence-corrected chi connectivity index (χ4v) is 8.80. The van der Waals surface area contributed by atoms with E-state index in [-0.39, 0.29) is 80.2 Å². The first kappa shape index (κ1) is 18.3. The SMILES string of the molecule is [2H]c1c(-n2c3c([2H])c([2H])c([2H])c([2H])c3c3c([2H])c([2H])c([2H])c([2H])c32)c([2H])c2c(sc3c([2H])c(-c4c([2H])c([2H])c5c(sc6c([2H])c(-c7nc(-c8ccccc8)nc(-c8ccccc8)n7)c([2H])c([2H])c65)c4[2H])c([2H])c([2H])c32)c1[2H]. The van der Waals surface area contributed by atoms with Crippen LogP contribution >= 0.6 is 22.7 Å². The van der Waals surface area contributed by atoms with Crippen molar-refractivity contribution >= 4 is 84.8 Å². The Kier molecular flexibility index (Phi) is 4.10. The molecule has 57 heavy (non-hydrogen) atoms. The maximum atomic E-state index is 9.71. The van der Waals surface area contributed by atoms with Crippen LogP contribution in [-0.4, -0.2) is 19.5 Å². The molecule has 12 aromatic rings. The summed E-state index contributed by atoms with van der Waals surface area (Å²) in [6.45, 7) is 0. The van der Waals surface area contributed by atoms with Crippen molar-refractivity contribution in [3.63, 3.8) is 0 Å². The number of hydrogen-bond acceptors (Lipinski definition) is 5. The first-order valence-corrected chi connectivity index (χ1v) is 19.0. The molecule has 8 aromatic carbocycles. The fraction of sp³-hybridized carbons (Fsp3) is 0. The summed E-state index contributed by atoms with van der Waals surface area (Å²) in [5.41, 5.74) is -1.09. The highest BCUT2D eigenvalue weighted by Crippen LogP contribution is 2.42. The average Bonchev–Trinajstić information content (AvgIpc) is 4.35. The Bertz CT molecular complexity index is 4560. The number of fused-ring (bicyclic) bond motifs is 9. The number of nitrogens with zero attached hydrogens (tertiary/aromatic N) is 4.